The van der Waals surface area contributed by atoms with Crippen molar-refractivity contribution in [3.63, 3.8) is 0 Å². The summed E-state index contributed by atoms with van der Waals surface area (Å²) in [6, 6.07) is 2.14. The Morgan fingerprint density at radius 1 is 1.53 bits per heavy atom. The van der Waals surface area contributed by atoms with Crippen LogP contribution < -0.4 is 5.73 Å². The Bertz CT molecular complexity index is 301. The van der Waals surface area contributed by atoms with Crippen LogP contribution in [-0.2, 0) is 6.42 Å². The molecule has 1 rings (SSSR count). The highest BCUT2D eigenvalue weighted by Crippen LogP contribution is 2.17. The largest absolute Gasteiger partial charge is 0.327 e. The molecular formula is C12H19ClN2. The van der Waals surface area contributed by atoms with Gasteiger partial charge in [-0.25, -0.2) is 0 Å². The van der Waals surface area contributed by atoms with Crippen LogP contribution in [0.5, 0.6) is 0 Å². The fraction of sp³-hybridized carbons (Fsp3) is 0.583. The summed E-state index contributed by atoms with van der Waals surface area (Å²) < 4.78 is 0. The van der Waals surface area contributed by atoms with Gasteiger partial charge in [-0.05, 0) is 30.4 Å². The number of rotatable bonds is 5. The topological polar surface area (TPSA) is 38.9 Å². The first kappa shape index (κ1) is 12.5. The number of hydrogen-bond donors (Lipinski definition) is 1. The molecule has 15 heavy (non-hydrogen) atoms. The van der Waals surface area contributed by atoms with Crippen molar-refractivity contribution in [2.24, 2.45) is 11.7 Å². The van der Waals surface area contributed by atoms with Gasteiger partial charge in [0.2, 0.25) is 0 Å². The van der Waals surface area contributed by atoms with Crippen molar-refractivity contribution in [1.82, 2.24) is 4.98 Å². The standard InChI is InChI=1S/C12H19ClN2/c1-3-9(2)6-11(14)7-10-4-5-15-8-12(10)13/h4-5,8-9,11H,3,6-7,14H2,1-2H3. The molecule has 0 amide bonds. The Morgan fingerprint density at radius 3 is 2.87 bits per heavy atom. The molecule has 0 aliphatic carbocycles. The Kier molecular flexibility index (Phi) is 5.06. The summed E-state index contributed by atoms with van der Waals surface area (Å²) in [5.41, 5.74) is 7.17. The van der Waals surface area contributed by atoms with Gasteiger partial charge in [0.25, 0.3) is 0 Å². The van der Waals surface area contributed by atoms with Crippen LogP contribution in [0.15, 0.2) is 18.5 Å². The number of halogens is 1. The molecule has 84 valence electrons. The Hall–Kier alpha value is -0.600. The SMILES string of the molecule is CCC(C)CC(N)Cc1ccncc1Cl. The molecule has 3 heteroatoms. The van der Waals surface area contributed by atoms with Crippen molar-refractivity contribution in [3.8, 4) is 0 Å². The lowest BCUT2D eigenvalue weighted by atomic mass is 9.96. The Labute approximate surface area is 96.8 Å². The first-order chi connectivity index (χ1) is 7.13. The average Bonchev–Trinajstić information content (AvgIpc) is 2.21. The second-order valence-electron chi connectivity index (χ2n) is 4.18. The van der Waals surface area contributed by atoms with Crippen molar-refractivity contribution in [2.45, 2.75) is 39.2 Å². The molecule has 0 spiro atoms. The van der Waals surface area contributed by atoms with Gasteiger partial charge in [0, 0.05) is 18.4 Å². The van der Waals surface area contributed by atoms with Crippen LogP contribution in [0, 0.1) is 5.92 Å². The molecule has 1 aromatic heterocycles. The molecule has 0 fully saturated rings. The summed E-state index contributed by atoms with van der Waals surface area (Å²) in [6.07, 6.45) is 6.50. The molecule has 2 nitrogen and oxygen atoms in total. The second kappa shape index (κ2) is 6.09. The van der Waals surface area contributed by atoms with E-state index in [4.69, 9.17) is 17.3 Å². The first-order valence-corrected chi connectivity index (χ1v) is 5.85. The zero-order valence-electron chi connectivity index (χ0n) is 9.41. The van der Waals surface area contributed by atoms with E-state index in [2.05, 4.69) is 18.8 Å². The molecule has 0 saturated carbocycles. The van der Waals surface area contributed by atoms with Crippen molar-refractivity contribution < 1.29 is 0 Å². The predicted molar refractivity (Wildman–Crippen MR) is 65.0 cm³/mol. The van der Waals surface area contributed by atoms with Crippen LogP contribution >= 0.6 is 11.6 Å². The monoisotopic (exact) mass is 226 g/mol. The summed E-state index contributed by atoms with van der Waals surface area (Å²) in [7, 11) is 0. The highest BCUT2D eigenvalue weighted by Gasteiger charge is 2.10. The van der Waals surface area contributed by atoms with E-state index in [1.165, 1.54) is 6.42 Å². The lowest BCUT2D eigenvalue weighted by Crippen LogP contribution is -2.25. The molecule has 1 heterocycles. The van der Waals surface area contributed by atoms with E-state index in [0.29, 0.717) is 5.92 Å². The molecule has 0 bridgehead atoms. The molecule has 0 aliphatic heterocycles. The number of nitrogens with two attached hydrogens (primary N) is 1. The molecule has 0 radical (unpaired) electrons. The summed E-state index contributed by atoms with van der Waals surface area (Å²) in [5, 5.41) is 0.720. The third-order valence-electron chi connectivity index (χ3n) is 2.74. The van der Waals surface area contributed by atoms with Crippen LogP contribution in [0.4, 0.5) is 0 Å². The number of aromatic nitrogens is 1. The lowest BCUT2D eigenvalue weighted by Gasteiger charge is -2.16. The van der Waals surface area contributed by atoms with E-state index in [1.54, 1.807) is 12.4 Å². The van der Waals surface area contributed by atoms with Crippen molar-refractivity contribution in [3.05, 3.63) is 29.0 Å². The van der Waals surface area contributed by atoms with Gasteiger partial charge in [-0.3, -0.25) is 4.98 Å². The molecule has 2 atom stereocenters. The molecular weight excluding hydrogens is 208 g/mol. The summed E-state index contributed by atoms with van der Waals surface area (Å²) >= 11 is 6.02. The fourth-order valence-corrected chi connectivity index (χ4v) is 1.82. The number of pyridine rings is 1. The number of nitrogens with zero attached hydrogens (tertiary/aromatic N) is 1. The highest BCUT2D eigenvalue weighted by atomic mass is 35.5. The van der Waals surface area contributed by atoms with Crippen LogP contribution in [0.3, 0.4) is 0 Å². The van der Waals surface area contributed by atoms with Gasteiger partial charge < -0.3 is 5.73 Å². The van der Waals surface area contributed by atoms with Crippen LogP contribution in [-0.4, -0.2) is 11.0 Å². The Morgan fingerprint density at radius 2 is 2.27 bits per heavy atom. The molecule has 0 aromatic carbocycles. The first-order valence-electron chi connectivity index (χ1n) is 5.47. The Balaban J connectivity index is 2.51. The summed E-state index contributed by atoms with van der Waals surface area (Å²) in [4.78, 5) is 3.96. The van der Waals surface area contributed by atoms with Crippen molar-refractivity contribution in [2.75, 3.05) is 0 Å². The van der Waals surface area contributed by atoms with E-state index in [1.807, 2.05) is 6.07 Å². The molecule has 0 saturated heterocycles. The van der Waals surface area contributed by atoms with Crippen molar-refractivity contribution in [1.29, 1.82) is 0 Å². The van der Waals surface area contributed by atoms with Crippen LogP contribution in [0.1, 0.15) is 32.3 Å². The maximum atomic E-state index is 6.07. The maximum Gasteiger partial charge on any atom is 0.0621 e. The van der Waals surface area contributed by atoms with E-state index in [-0.39, 0.29) is 6.04 Å². The maximum absolute atomic E-state index is 6.07. The smallest absolute Gasteiger partial charge is 0.0621 e. The van der Waals surface area contributed by atoms with Gasteiger partial charge in [-0.2, -0.15) is 0 Å². The zero-order valence-corrected chi connectivity index (χ0v) is 10.2. The van der Waals surface area contributed by atoms with Gasteiger partial charge in [0.1, 0.15) is 0 Å². The number of hydrogen-bond acceptors (Lipinski definition) is 2. The highest BCUT2D eigenvalue weighted by molar-refractivity contribution is 6.31. The van der Waals surface area contributed by atoms with Gasteiger partial charge in [-0.1, -0.05) is 31.9 Å². The van der Waals surface area contributed by atoms with Gasteiger partial charge >= 0.3 is 0 Å². The van der Waals surface area contributed by atoms with Crippen LogP contribution in [0.25, 0.3) is 0 Å². The second-order valence-corrected chi connectivity index (χ2v) is 4.59. The minimum absolute atomic E-state index is 0.194. The lowest BCUT2D eigenvalue weighted by molar-refractivity contribution is 0.450. The van der Waals surface area contributed by atoms with Gasteiger partial charge in [0.05, 0.1) is 5.02 Å². The van der Waals surface area contributed by atoms with Gasteiger partial charge in [-0.15, -0.1) is 0 Å². The molecule has 1 aromatic rings. The van der Waals surface area contributed by atoms with E-state index < -0.39 is 0 Å². The third kappa shape index (κ3) is 4.18. The van der Waals surface area contributed by atoms with Crippen LogP contribution in [0.2, 0.25) is 5.02 Å². The molecule has 2 unspecified atom stereocenters. The minimum atomic E-state index is 0.194. The van der Waals surface area contributed by atoms with Gasteiger partial charge in [0.15, 0.2) is 0 Å². The predicted octanol–water partition coefficient (Wildman–Crippen LogP) is 3.04. The molecule has 0 aliphatic rings. The van der Waals surface area contributed by atoms with Crippen molar-refractivity contribution >= 4 is 11.6 Å². The zero-order chi connectivity index (χ0) is 11.3. The third-order valence-corrected chi connectivity index (χ3v) is 3.08. The van der Waals surface area contributed by atoms with E-state index in [0.717, 1.165) is 23.4 Å². The quantitative estimate of drug-likeness (QED) is 0.838. The normalized spacial score (nSPS) is 14.9. The molecule has 2 N–H and O–H groups in total. The fourth-order valence-electron chi connectivity index (χ4n) is 1.62. The average molecular weight is 227 g/mol. The summed E-state index contributed by atoms with van der Waals surface area (Å²) in [6.45, 7) is 4.42. The van der Waals surface area contributed by atoms with E-state index >= 15 is 0 Å². The summed E-state index contributed by atoms with van der Waals surface area (Å²) in [5.74, 6) is 0.681. The minimum Gasteiger partial charge on any atom is -0.327 e. The van der Waals surface area contributed by atoms with E-state index in [9.17, 15) is 0 Å².